The normalized spacial score (nSPS) is 19.8. The Morgan fingerprint density at radius 1 is 1.62 bits per heavy atom. The molecule has 0 saturated carbocycles. The number of nitrogens with zero attached hydrogens (tertiary/aromatic N) is 2. The number of rotatable bonds is 2. The zero-order valence-electron chi connectivity index (χ0n) is 9.22. The third-order valence-corrected chi connectivity index (χ3v) is 2.80. The summed E-state index contributed by atoms with van der Waals surface area (Å²) in [7, 11) is 1.42. The van der Waals surface area contributed by atoms with E-state index in [-0.39, 0.29) is 11.9 Å². The molecule has 0 unspecified atom stereocenters. The van der Waals surface area contributed by atoms with Crippen molar-refractivity contribution in [2.45, 2.75) is 6.42 Å². The van der Waals surface area contributed by atoms with Crippen LogP contribution in [0.15, 0.2) is 18.2 Å². The van der Waals surface area contributed by atoms with Gasteiger partial charge in [-0.05, 0) is 18.6 Å². The van der Waals surface area contributed by atoms with Gasteiger partial charge in [-0.2, -0.15) is 0 Å². The zero-order chi connectivity index (χ0) is 11.5. The highest BCUT2D eigenvalue weighted by Crippen LogP contribution is 2.23. The summed E-state index contributed by atoms with van der Waals surface area (Å²) in [6.07, 6.45) is 0.809. The van der Waals surface area contributed by atoms with Crippen LogP contribution in [0, 0.1) is 5.92 Å². The van der Waals surface area contributed by atoms with Gasteiger partial charge in [-0.25, -0.2) is 4.98 Å². The van der Waals surface area contributed by atoms with E-state index in [1.807, 2.05) is 12.1 Å². The van der Waals surface area contributed by atoms with Gasteiger partial charge >= 0.3 is 5.97 Å². The fourth-order valence-corrected chi connectivity index (χ4v) is 1.94. The third kappa shape index (κ3) is 2.08. The van der Waals surface area contributed by atoms with Gasteiger partial charge in [0, 0.05) is 13.1 Å². The molecular weight excluding hydrogens is 206 g/mol. The minimum Gasteiger partial charge on any atom is -0.469 e. The lowest BCUT2D eigenvalue weighted by atomic mass is 10.1. The van der Waals surface area contributed by atoms with Crippen LogP contribution in [0.3, 0.4) is 0 Å². The number of hydrogen-bond donors (Lipinski definition) is 1. The molecule has 1 saturated heterocycles. The zero-order valence-corrected chi connectivity index (χ0v) is 9.22. The molecule has 1 atom stereocenters. The molecule has 2 N–H and O–H groups in total. The highest BCUT2D eigenvalue weighted by molar-refractivity contribution is 5.74. The van der Waals surface area contributed by atoms with E-state index in [2.05, 4.69) is 9.88 Å². The molecule has 5 nitrogen and oxygen atoms in total. The first-order valence-corrected chi connectivity index (χ1v) is 5.26. The van der Waals surface area contributed by atoms with Crippen molar-refractivity contribution in [3.8, 4) is 0 Å². The molecule has 0 amide bonds. The minimum absolute atomic E-state index is 0.0479. The van der Waals surface area contributed by atoms with Crippen LogP contribution in [0.2, 0.25) is 0 Å². The number of hydrogen-bond acceptors (Lipinski definition) is 5. The van der Waals surface area contributed by atoms with Gasteiger partial charge in [0.05, 0.1) is 13.0 Å². The number of esters is 1. The van der Waals surface area contributed by atoms with Crippen LogP contribution < -0.4 is 10.6 Å². The van der Waals surface area contributed by atoms with E-state index in [0.29, 0.717) is 12.4 Å². The lowest BCUT2D eigenvalue weighted by Crippen LogP contribution is -2.24. The standard InChI is InChI=1S/C11H15N3O2/c1-16-11(15)8-5-6-14(7-8)10-4-2-3-9(12)13-10/h2-4,8H,5-7H2,1H3,(H2,12,13)/t8-/m0/s1. The van der Waals surface area contributed by atoms with Crippen LogP contribution in [-0.2, 0) is 9.53 Å². The summed E-state index contributed by atoms with van der Waals surface area (Å²) in [5.41, 5.74) is 5.62. The second kappa shape index (κ2) is 4.38. The Bertz CT molecular complexity index is 395. The summed E-state index contributed by atoms with van der Waals surface area (Å²) in [6, 6.07) is 5.51. The number of methoxy groups -OCH3 is 1. The van der Waals surface area contributed by atoms with Gasteiger partial charge in [-0.15, -0.1) is 0 Å². The molecule has 1 aliphatic heterocycles. The van der Waals surface area contributed by atoms with Crippen LogP contribution in [0.1, 0.15) is 6.42 Å². The van der Waals surface area contributed by atoms with Crippen LogP contribution in [0.5, 0.6) is 0 Å². The highest BCUT2D eigenvalue weighted by Gasteiger charge is 2.29. The molecule has 1 fully saturated rings. The maximum Gasteiger partial charge on any atom is 0.310 e. The van der Waals surface area contributed by atoms with Crippen molar-refractivity contribution in [1.82, 2.24) is 4.98 Å². The molecule has 16 heavy (non-hydrogen) atoms. The Morgan fingerprint density at radius 3 is 3.12 bits per heavy atom. The molecule has 0 aromatic carbocycles. The minimum atomic E-state index is -0.147. The van der Waals surface area contributed by atoms with E-state index >= 15 is 0 Å². The third-order valence-electron chi connectivity index (χ3n) is 2.80. The van der Waals surface area contributed by atoms with E-state index in [0.717, 1.165) is 18.8 Å². The second-order valence-electron chi connectivity index (χ2n) is 3.88. The SMILES string of the molecule is COC(=O)[C@H]1CCN(c2cccc(N)n2)C1. The lowest BCUT2D eigenvalue weighted by molar-refractivity contribution is -0.144. The number of aromatic nitrogens is 1. The van der Waals surface area contributed by atoms with Crippen molar-refractivity contribution in [3.63, 3.8) is 0 Å². The molecule has 2 rings (SSSR count). The highest BCUT2D eigenvalue weighted by atomic mass is 16.5. The number of nitrogens with two attached hydrogens (primary N) is 1. The van der Waals surface area contributed by atoms with Crippen LogP contribution in [0.25, 0.3) is 0 Å². The summed E-state index contributed by atoms with van der Waals surface area (Å²) < 4.78 is 4.73. The van der Waals surface area contributed by atoms with Gasteiger partial charge in [0.15, 0.2) is 0 Å². The fourth-order valence-electron chi connectivity index (χ4n) is 1.94. The van der Waals surface area contributed by atoms with Gasteiger partial charge in [-0.1, -0.05) is 6.07 Å². The van der Waals surface area contributed by atoms with E-state index in [1.54, 1.807) is 6.07 Å². The van der Waals surface area contributed by atoms with Crippen LogP contribution in [0.4, 0.5) is 11.6 Å². The number of ether oxygens (including phenoxy) is 1. The van der Waals surface area contributed by atoms with Gasteiger partial charge < -0.3 is 15.4 Å². The monoisotopic (exact) mass is 221 g/mol. The molecule has 5 heteroatoms. The van der Waals surface area contributed by atoms with Crippen LogP contribution in [-0.4, -0.2) is 31.2 Å². The van der Waals surface area contributed by atoms with E-state index in [9.17, 15) is 4.79 Å². The smallest absolute Gasteiger partial charge is 0.310 e. The Balaban J connectivity index is 2.06. The Morgan fingerprint density at radius 2 is 2.44 bits per heavy atom. The van der Waals surface area contributed by atoms with Crippen molar-refractivity contribution in [2.24, 2.45) is 5.92 Å². The van der Waals surface area contributed by atoms with Crippen molar-refractivity contribution >= 4 is 17.6 Å². The van der Waals surface area contributed by atoms with E-state index in [4.69, 9.17) is 10.5 Å². The summed E-state index contributed by atoms with van der Waals surface area (Å²) in [4.78, 5) is 17.6. The topological polar surface area (TPSA) is 68.5 Å². The summed E-state index contributed by atoms with van der Waals surface area (Å²) in [6.45, 7) is 1.47. The predicted octanol–water partition coefficient (Wildman–Crippen LogP) is 0.663. The van der Waals surface area contributed by atoms with Gasteiger partial charge in [0.1, 0.15) is 11.6 Å². The van der Waals surface area contributed by atoms with Crippen molar-refractivity contribution in [1.29, 1.82) is 0 Å². The fraction of sp³-hybridized carbons (Fsp3) is 0.455. The Hall–Kier alpha value is -1.78. The Labute approximate surface area is 94.2 Å². The number of anilines is 2. The maximum absolute atomic E-state index is 11.4. The van der Waals surface area contributed by atoms with Crippen molar-refractivity contribution in [2.75, 3.05) is 30.8 Å². The molecule has 1 aromatic heterocycles. The molecule has 0 bridgehead atoms. The summed E-state index contributed by atoms with van der Waals surface area (Å²) in [5.74, 6) is 1.13. The number of pyridine rings is 1. The molecule has 1 aliphatic rings. The molecule has 1 aromatic rings. The average molecular weight is 221 g/mol. The molecule has 0 radical (unpaired) electrons. The van der Waals surface area contributed by atoms with Crippen molar-refractivity contribution < 1.29 is 9.53 Å². The van der Waals surface area contributed by atoms with Gasteiger partial charge in [0.2, 0.25) is 0 Å². The number of carbonyl (C=O) groups is 1. The van der Waals surface area contributed by atoms with E-state index < -0.39 is 0 Å². The van der Waals surface area contributed by atoms with Crippen LogP contribution >= 0.6 is 0 Å². The quantitative estimate of drug-likeness (QED) is 0.743. The largest absolute Gasteiger partial charge is 0.469 e. The van der Waals surface area contributed by atoms with Crippen molar-refractivity contribution in [3.05, 3.63) is 18.2 Å². The average Bonchev–Trinajstić information content (AvgIpc) is 2.77. The first-order chi connectivity index (χ1) is 7.70. The molecule has 0 aliphatic carbocycles. The summed E-state index contributed by atoms with van der Waals surface area (Å²) >= 11 is 0. The molecule has 0 spiro atoms. The molecule has 2 heterocycles. The second-order valence-corrected chi connectivity index (χ2v) is 3.88. The summed E-state index contributed by atoms with van der Waals surface area (Å²) in [5, 5.41) is 0. The number of carbonyl (C=O) groups excluding carboxylic acids is 1. The number of nitrogen functional groups attached to an aromatic ring is 1. The Kier molecular flexibility index (Phi) is 2.94. The van der Waals surface area contributed by atoms with Gasteiger partial charge in [0.25, 0.3) is 0 Å². The first-order valence-electron chi connectivity index (χ1n) is 5.26. The first kappa shape index (κ1) is 10.7. The van der Waals surface area contributed by atoms with Gasteiger partial charge in [-0.3, -0.25) is 4.79 Å². The molecule has 86 valence electrons. The maximum atomic E-state index is 11.4. The predicted molar refractivity (Wildman–Crippen MR) is 61.0 cm³/mol. The van der Waals surface area contributed by atoms with E-state index in [1.165, 1.54) is 7.11 Å². The lowest BCUT2D eigenvalue weighted by Gasteiger charge is -2.17. The molecular formula is C11H15N3O2.